The first-order valence-corrected chi connectivity index (χ1v) is 9.00. The Kier molecular flexibility index (Phi) is 5.54. The van der Waals surface area contributed by atoms with Crippen LogP contribution in [0.15, 0.2) is 0 Å². The van der Waals surface area contributed by atoms with Crippen LogP contribution in [0.25, 0.3) is 0 Å². The second-order valence-electron chi connectivity index (χ2n) is 7.11. The van der Waals surface area contributed by atoms with Crippen LogP contribution in [0, 0.1) is 0 Å². The lowest BCUT2D eigenvalue weighted by Gasteiger charge is -2.48. The zero-order valence-electron chi connectivity index (χ0n) is 13.4. The summed E-state index contributed by atoms with van der Waals surface area (Å²) < 4.78 is 11.8. The first-order valence-electron chi connectivity index (χ1n) is 9.00. The van der Waals surface area contributed by atoms with Gasteiger partial charge < -0.3 is 15.2 Å². The molecule has 0 bridgehead atoms. The molecular weight excluding hydrogens is 264 g/mol. The molecule has 3 rings (SSSR count). The largest absolute Gasteiger partial charge is 0.381 e. The minimum absolute atomic E-state index is 0.112. The molecule has 0 aromatic rings. The standard InChI is InChI=1S/C17H32N2O2/c18-9-3-10-19(15-4-1-2-5-15)16-6-11-21-17(14-16)7-12-20-13-8-17/h15-16H,1-14,18H2. The Bertz CT molecular complexity index is 306. The van der Waals surface area contributed by atoms with Crippen LogP contribution in [0.2, 0.25) is 0 Å². The van der Waals surface area contributed by atoms with Gasteiger partial charge in [0.25, 0.3) is 0 Å². The predicted molar refractivity (Wildman–Crippen MR) is 84.4 cm³/mol. The third-order valence-electron chi connectivity index (χ3n) is 5.75. The summed E-state index contributed by atoms with van der Waals surface area (Å²) in [6.07, 6.45) is 11.3. The molecule has 2 saturated heterocycles. The molecule has 1 atom stereocenters. The van der Waals surface area contributed by atoms with Crippen LogP contribution in [0.3, 0.4) is 0 Å². The van der Waals surface area contributed by atoms with Crippen LogP contribution in [-0.2, 0) is 9.47 Å². The van der Waals surface area contributed by atoms with Gasteiger partial charge in [-0.3, -0.25) is 4.90 Å². The van der Waals surface area contributed by atoms with Crippen LogP contribution in [0.5, 0.6) is 0 Å². The highest BCUT2D eigenvalue weighted by molar-refractivity contribution is 4.94. The van der Waals surface area contributed by atoms with Crippen molar-refractivity contribution >= 4 is 0 Å². The van der Waals surface area contributed by atoms with Crippen molar-refractivity contribution in [3.63, 3.8) is 0 Å². The van der Waals surface area contributed by atoms with E-state index in [9.17, 15) is 0 Å². The quantitative estimate of drug-likeness (QED) is 0.846. The SMILES string of the molecule is NCCCN(C1CCCC1)C1CCOC2(CCOCC2)C1. The number of hydrogen-bond donors (Lipinski definition) is 1. The fraction of sp³-hybridized carbons (Fsp3) is 1.00. The molecule has 4 nitrogen and oxygen atoms in total. The summed E-state index contributed by atoms with van der Waals surface area (Å²) in [6, 6.07) is 1.50. The van der Waals surface area contributed by atoms with E-state index in [0.717, 1.165) is 51.7 Å². The lowest BCUT2D eigenvalue weighted by atomic mass is 9.83. The third-order valence-corrected chi connectivity index (χ3v) is 5.75. The summed E-state index contributed by atoms with van der Waals surface area (Å²) in [5.41, 5.74) is 5.89. The molecule has 0 aromatic carbocycles. The Morgan fingerprint density at radius 3 is 2.48 bits per heavy atom. The molecule has 0 amide bonds. The zero-order chi connectivity index (χ0) is 14.5. The Labute approximate surface area is 129 Å². The molecule has 1 spiro atoms. The van der Waals surface area contributed by atoms with Gasteiger partial charge in [-0.05, 0) is 58.0 Å². The van der Waals surface area contributed by atoms with E-state index in [-0.39, 0.29) is 5.60 Å². The van der Waals surface area contributed by atoms with Crippen LogP contribution < -0.4 is 5.73 Å². The second-order valence-corrected chi connectivity index (χ2v) is 7.11. The van der Waals surface area contributed by atoms with E-state index in [1.807, 2.05) is 0 Å². The van der Waals surface area contributed by atoms with Gasteiger partial charge in [0.1, 0.15) is 0 Å². The van der Waals surface area contributed by atoms with E-state index >= 15 is 0 Å². The minimum atomic E-state index is 0.112. The van der Waals surface area contributed by atoms with Gasteiger partial charge in [0.05, 0.1) is 5.60 Å². The second kappa shape index (κ2) is 7.40. The summed E-state index contributed by atoms with van der Waals surface area (Å²) in [5, 5.41) is 0. The molecule has 0 radical (unpaired) electrons. The molecule has 1 aliphatic carbocycles. The Balaban J connectivity index is 1.65. The van der Waals surface area contributed by atoms with Crippen LogP contribution >= 0.6 is 0 Å². The van der Waals surface area contributed by atoms with Gasteiger partial charge in [-0.15, -0.1) is 0 Å². The molecule has 3 fully saturated rings. The Morgan fingerprint density at radius 1 is 1.00 bits per heavy atom. The normalized spacial score (nSPS) is 30.3. The van der Waals surface area contributed by atoms with E-state index in [4.69, 9.17) is 15.2 Å². The van der Waals surface area contributed by atoms with Crippen molar-refractivity contribution in [3.05, 3.63) is 0 Å². The van der Waals surface area contributed by atoms with Crippen molar-refractivity contribution in [3.8, 4) is 0 Å². The van der Waals surface area contributed by atoms with E-state index in [0.29, 0.717) is 6.04 Å². The number of nitrogens with two attached hydrogens (primary N) is 1. The molecule has 0 aromatic heterocycles. The molecule has 2 N–H and O–H groups in total. The highest BCUT2D eigenvalue weighted by Gasteiger charge is 2.42. The molecule has 2 heterocycles. The zero-order valence-corrected chi connectivity index (χ0v) is 13.4. The number of hydrogen-bond acceptors (Lipinski definition) is 4. The average Bonchev–Trinajstić information content (AvgIpc) is 3.03. The molecule has 4 heteroatoms. The first-order chi connectivity index (χ1) is 10.3. The van der Waals surface area contributed by atoms with E-state index in [1.54, 1.807) is 0 Å². The Morgan fingerprint density at radius 2 is 1.76 bits per heavy atom. The lowest BCUT2D eigenvalue weighted by Crippen LogP contribution is -2.53. The van der Waals surface area contributed by atoms with Crippen molar-refractivity contribution in [2.24, 2.45) is 5.73 Å². The van der Waals surface area contributed by atoms with Gasteiger partial charge in [-0.1, -0.05) is 12.8 Å². The van der Waals surface area contributed by atoms with E-state index < -0.39 is 0 Å². The number of rotatable bonds is 5. The monoisotopic (exact) mass is 296 g/mol. The Hall–Kier alpha value is -0.160. The summed E-state index contributed by atoms with van der Waals surface area (Å²) in [5.74, 6) is 0. The van der Waals surface area contributed by atoms with Gasteiger partial charge >= 0.3 is 0 Å². The van der Waals surface area contributed by atoms with Crippen LogP contribution in [0.1, 0.15) is 57.8 Å². The summed E-state index contributed by atoms with van der Waals surface area (Å²) in [4.78, 5) is 2.81. The van der Waals surface area contributed by atoms with Gasteiger partial charge in [0.15, 0.2) is 0 Å². The first kappa shape index (κ1) is 15.7. The summed E-state index contributed by atoms with van der Waals surface area (Å²) >= 11 is 0. The molecule has 1 unspecified atom stereocenters. The summed E-state index contributed by atoms with van der Waals surface area (Å²) in [7, 11) is 0. The van der Waals surface area contributed by atoms with Crippen molar-refractivity contribution in [1.82, 2.24) is 4.90 Å². The fourth-order valence-electron chi connectivity index (χ4n) is 4.55. The van der Waals surface area contributed by atoms with Gasteiger partial charge in [-0.25, -0.2) is 0 Å². The lowest BCUT2D eigenvalue weighted by molar-refractivity contribution is -0.154. The molecular formula is C17H32N2O2. The van der Waals surface area contributed by atoms with Gasteiger partial charge in [0.2, 0.25) is 0 Å². The highest BCUT2D eigenvalue weighted by atomic mass is 16.5. The maximum atomic E-state index is 6.22. The maximum Gasteiger partial charge on any atom is 0.0741 e. The maximum absolute atomic E-state index is 6.22. The van der Waals surface area contributed by atoms with Gasteiger partial charge in [0, 0.05) is 31.9 Å². The van der Waals surface area contributed by atoms with E-state index in [1.165, 1.54) is 45.1 Å². The van der Waals surface area contributed by atoms with Crippen molar-refractivity contribution in [1.29, 1.82) is 0 Å². The minimum Gasteiger partial charge on any atom is -0.381 e. The smallest absolute Gasteiger partial charge is 0.0741 e. The third kappa shape index (κ3) is 3.79. The van der Waals surface area contributed by atoms with E-state index in [2.05, 4.69) is 4.90 Å². The van der Waals surface area contributed by atoms with Gasteiger partial charge in [-0.2, -0.15) is 0 Å². The molecule has 21 heavy (non-hydrogen) atoms. The number of nitrogens with zero attached hydrogens (tertiary/aromatic N) is 1. The molecule has 3 aliphatic rings. The van der Waals surface area contributed by atoms with Crippen molar-refractivity contribution in [2.45, 2.75) is 75.5 Å². The van der Waals surface area contributed by atoms with Crippen LogP contribution in [-0.4, -0.2) is 55.5 Å². The van der Waals surface area contributed by atoms with Crippen molar-refractivity contribution < 1.29 is 9.47 Å². The number of ether oxygens (including phenoxy) is 2. The predicted octanol–water partition coefficient (Wildman–Crippen LogP) is 2.31. The molecule has 122 valence electrons. The highest BCUT2D eigenvalue weighted by Crippen LogP contribution is 2.38. The topological polar surface area (TPSA) is 47.7 Å². The average molecular weight is 296 g/mol. The molecule has 1 saturated carbocycles. The van der Waals surface area contributed by atoms with Crippen LogP contribution in [0.4, 0.5) is 0 Å². The van der Waals surface area contributed by atoms with Crippen molar-refractivity contribution in [2.75, 3.05) is 32.9 Å². The summed E-state index contributed by atoms with van der Waals surface area (Å²) in [6.45, 7) is 4.66. The molecule has 2 aliphatic heterocycles. The fourth-order valence-corrected chi connectivity index (χ4v) is 4.55.